The maximum atomic E-state index is 12.6. The number of urea groups is 1. The van der Waals surface area contributed by atoms with Crippen molar-refractivity contribution in [3.05, 3.63) is 12.2 Å². The number of carbonyl (C=O) groups is 1. The first-order valence-corrected chi connectivity index (χ1v) is 8.79. The molecular formula is C16H28N6O2. The first-order valence-electron chi connectivity index (χ1n) is 8.79. The van der Waals surface area contributed by atoms with Gasteiger partial charge in [-0.1, -0.05) is 0 Å². The van der Waals surface area contributed by atoms with Crippen LogP contribution in [0.25, 0.3) is 0 Å². The van der Waals surface area contributed by atoms with Crippen LogP contribution in [0.1, 0.15) is 38.1 Å². The fourth-order valence-electron chi connectivity index (χ4n) is 3.57. The minimum Gasteiger partial charge on any atom is -0.366 e. The topological polar surface area (TPSA) is 75.5 Å². The third-order valence-electron chi connectivity index (χ3n) is 5.09. The zero-order valence-electron chi connectivity index (χ0n) is 14.8. The minimum atomic E-state index is -0.204. The first kappa shape index (κ1) is 17.2. The molecule has 2 heterocycles. The second kappa shape index (κ2) is 7.48. The first-order chi connectivity index (χ1) is 11.6. The number of hydrogen-bond donors (Lipinski definition) is 1. The van der Waals surface area contributed by atoms with E-state index in [1.165, 1.54) is 0 Å². The summed E-state index contributed by atoms with van der Waals surface area (Å²) in [6.45, 7) is 4.50. The van der Waals surface area contributed by atoms with Gasteiger partial charge in [-0.2, -0.15) is 0 Å². The molecule has 0 bridgehead atoms. The molecule has 2 amide bonds. The third kappa shape index (κ3) is 3.70. The van der Waals surface area contributed by atoms with Crippen molar-refractivity contribution in [2.24, 2.45) is 0 Å². The van der Waals surface area contributed by atoms with Crippen LogP contribution in [0.2, 0.25) is 0 Å². The van der Waals surface area contributed by atoms with Crippen molar-refractivity contribution in [3.8, 4) is 0 Å². The standard InChI is InChI=1S/C16H28N6O2/c1-4-21-11-17-19-15(21)14-10-22(7-8-24-14)16(23)18-12-5-6-13(9-12)20(2)3/h11-14H,4-10H2,1-3H3,(H,18,23)/t12-,13-,14+/m1/s1. The van der Waals surface area contributed by atoms with Crippen LogP contribution in [0.3, 0.4) is 0 Å². The van der Waals surface area contributed by atoms with Crippen LogP contribution in [-0.2, 0) is 11.3 Å². The van der Waals surface area contributed by atoms with Crippen LogP contribution in [0, 0.1) is 0 Å². The Balaban J connectivity index is 1.56. The molecule has 1 aliphatic carbocycles. The van der Waals surface area contributed by atoms with Gasteiger partial charge in [-0.15, -0.1) is 10.2 Å². The van der Waals surface area contributed by atoms with Crippen molar-refractivity contribution in [2.75, 3.05) is 33.8 Å². The summed E-state index contributed by atoms with van der Waals surface area (Å²) in [6.07, 6.45) is 4.72. The normalized spacial score (nSPS) is 27.7. The molecular weight excluding hydrogens is 308 g/mol. The van der Waals surface area contributed by atoms with E-state index in [1.807, 2.05) is 16.4 Å². The van der Waals surface area contributed by atoms with Gasteiger partial charge in [0.1, 0.15) is 12.4 Å². The molecule has 2 fully saturated rings. The predicted molar refractivity (Wildman–Crippen MR) is 89.6 cm³/mol. The Labute approximate surface area is 143 Å². The summed E-state index contributed by atoms with van der Waals surface area (Å²) in [4.78, 5) is 16.7. The van der Waals surface area contributed by atoms with Crippen LogP contribution in [0.5, 0.6) is 0 Å². The average Bonchev–Trinajstić information content (AvgIpc) is 3.23. The number of aromatic nitrogens is 3. The molecule has 3 rings (SSSR count). The number of nitrogens with one attached hydrogen (secondary N) is 1. The molecule has 1 aromatic heterocycles. The largest absolute Gasteiger partial charge is 0.366 e. The van der Waals surface area contributed by atoms with Crippen molar-refractivity contribution >= 4 is 6.03 Å². The molecule has 0 radical (unpaired) electrons. The van der Waals surface area contributed by atoms with E-state index in [0.717, 1.165) is 31.6 Å². The Bertz CT molecular complexity index is 561. The lowest BCUT2D eigenvalue weighted by molar-refractivity contribution is -0.0221. The van der Waals surface area contributed by atoms with Gasteiger partial charge in [0.2, 0.25) is 0 Å². The maximum absolute atomic E-state index is 12.6. The van der Waals surface area contributed by atoms with E-state index >= 15 is 0 Å². The monoisotopic (exact) mass is 336 g/mol. The predicted octanol–water partition coefficient (Wildman–Crippen LogP) is 0.864. The fourth-order valence-corrected chi connectivity index (χ4v) is 3.57. The highest BCUT2D eigenvalue weighted by atomic mass is 16.5. The summed E-state index contributed by atoms with van der Waals surface area (Å²) in [7, 11) is 4.20. The number of carbonyl (C=O) groups excluding carboxylic acids is 1. The van der Waals surface area contributed by atoms with Crippen LogP contribution in [0.4, 0.5) is 4.79 Å². The fraction of sp³-hybridized carbons (Fsp3) is 0.812. The number of rotatable bonds is 4. The minimum absolute atomic E-state index is 0.00951. The maximum Gasteiger partial charge on any atom is 0.317 e. The number of aryl methyl sites for hydroxylation is 1. The van der Waals surface area contributed by atoms with Crippen molar-refractivity contribution in [2.45, 2.75) is 50.9 Å². The van der Waals surface area contributed by atoms with Crippen LogP contribution < -0.4 is 5.32 Å². The highest BCUT2D eigenvalue weighted by Crippen LogP contribution is 2.24. The number of amides is 2. The molecule has 1 saturated carbocycles. The molecule has 3 atom stereocenters. The highest BCUT2D eigenvalue weighted by Gasteiger charge is 2.32. The van der Waals surface area contributed by atoms with E-state index in [2.05, 4.69) is 34.5 Å². The van der Waals surface area contributed by atoms with Crippen LogP contribution in [0.15, 0.2) is 6.33 Å². The van der Waals surface area contributed by atoms with Crippen molar-refractivity contribution in [3.63, 3.8) is 0 Å². The van der Waals surface area contributed by atoms with Gasteiger partial charge in [0.25, 0.3) is 0 Å². The SMILES string of the molecule is CCn1cnnc1[C@@H]1CN(C(=O)N[C@@H]2CC[C@@H](N(C)C)C2)CCO1. The van der Waals surface area contributed by atoms with Gasteiger partial charge in [-0.25, -0.2) is 4.79 Å². The molecule has 8 heteroatoms. The lowest BCUT2D eigenvalue weighted by atomic mass is 10.2. The van der Waals surface area contributed by atoms with E-state index < -0.39 is 0 Å². The number of morpholine rings is 1. The number of hydrogen-bond acceptors (Lipinski definition) is 5. The molecule has 134 valence electrons. The summed E-state index contributed by atoms with van der Waals surface area (Å²) < 4.78 is 7.78. The molecule has 1 N–H and O–H groups in total. The molecule has 0 unspecified atom stereocenters. The Morgan fingerprint density at radius 3 is 3.00 bits per heavy atom. The lowest BCUT2D eigenvalue weighted by Crippen LogP contribution is -2.50. The molecule has 1 aliphatic heterocycles. The third-order valence-corrected chi connectivity index (χ3v) is 5.09. The van der Waals surface area contributed by atoms with Gasteiger partial charge in [0.05, 0.1) is 13.2 Å². The summed E-state index contributed by atoms with van der Waals surface area (Å²) in [6, 6.07) is 0.844. The second-order valence-electron chi connectivity index (χ2n) is 6.86. The molecule has 24 heavy (non-hydrogen) atoms. The average molecular weight is 336 g/mol. The van der Waals surface area contributed by atoms with Gasteiger partial charge in [-0.3, -0.25) is 0 Å². The Morgan fingerprint density at radius 2 is 2.29 bits per heavy atom. The Kier molecular flexibility index (Phi) is 5.35. The summed E-state index contributed by atoms with van der Waals surface area (Å²) >= 11 is 0. The van der Waals surface area contributed by atoms with E-state index in [4.69, 9.17) is 4.74 Å². The lowest BCUT2D eigenvalue weighted by Gasteiger charge is -2.33. The molecule has 2 aliphatic rings. The molecule has 0 aromatic carbocycles. The van der Waals surface area contributed by atoms with Gasteiger partial charge >= 0.3 is 6.03 Å². The molecule has 1 aromatic rings. The van der Waals surface area contributed by atoms with Crippen molar-refractivity contribution < 1.29 is 9.53 Å². The molecule has 8 nitrogen and oxygen atoms in total. The smallest absolute Gasteiger partial charge is 0.317 e. The summed E-state index contributed by atoms with van der Waals surface area (Å²) in [5.41, 5.74) is 0. The van der Waals surface area contributed by atoms with E-state index in [-0.39, 0.29) is 18.2 Å². The van der Waals surface area contributed by atoms with Crippen molar-refractivity contribution in [1.82, 2.24) is 29.9 Å². The van der Waals surface area contributed by atoms with Crippen LogP contribution >= 0.6 is 0 Å². The highest BCUT2D eigenvalue weighted by molar-refractivity contribution is 5.74. The molecule has 0 spiro atoms. The Hall–Kier alpha value is -1.67. The molecule has 1 saturated heterocycles. The van der Waals surface area contributed by atoms with Crippen molar-refractivity contribution in [1.29, 1.82) is 0 Å². The van der Waals surface area contributed by atoms with E-state index in [9.17, 15) is 4.79 Å². The summed E-state index contributed by atoms with van der Waals surface area (Å²) in [5.74, 6) is 0.795. The zero-order valence-corrected chi connectivity index (χ0v) is 14.8. The zero-order chi connectivity index (χ0) is 17.1. The van der Waals surface area contributed by atoms with Gasteiger partial charge in [-0.05, 0) is 40.3 Å². The summed E-state index contributed by atoms with van der Waals surface area (Å²) in [5, 5.41) is 11.3. The van der Waals surface area contributed by atoms with Gasteiger partial charge < -0.3 is 24.4 Å². The number of nitrogens with zero attached hydrogens (tertiary/aromatic N) is 5. The van der Waals surface area contributed by atoms with E-state index in [1.54, 1.807) is 6.33 Å². The van der Waals surface area contributed by atoms with Gasteiger partial charge in [0, 0.05) is 25.2 Å². The second-order valence-corrected chi connectivity index (χ2v) is 6.86. The number of ether oxygens (including phenoxy) is 1. The Morgan fingerprint density at radius 1 is 1.46 bits per heavy atom. The van der Waals surface area contributed by atoms with Gasteiger partial charge in [0.15, 0.2) is 5.82 Å². The quantitative estimate of drug-likeness (QED) is 0.883. The van der Waals surface area contributed by atoms with Crippen LogP contribution in [-0.4, -0.2) is 76.5 Å². The van der Waals surface area contributed by atoms with E-state index in [0.29, 0.717) is 25.7 Å².